The molecule has 0 aliphatic rings. The number of halogens is 1. The van der Waals surface area contributed by atoms with Gasteiger partial charge in [-0.05, 0) is 30.7 Å². The van der Waals surface area contributed by atoms with Gasteiger partial charge in [0, 0.05) is 6.20 Å². The van der Waals surface area contributed by atoms with E-state index in [1.54, 1.807) is 18.3 Å². The first-order valence-electron chi connectivity index (χ1n) is 5.25. The van der Waals surface area contributed by atoms with Gasteiger partial charge in [0.05, 0.1) is 6.04 Å². The van der Waals surface area contributed by atoms with Crippen molar-refractivity contribution < 1.29 is 4.39 Å². The predicted octanol–water partition coefficient (Wildman–Crippen LogP) is 2.37. The molecular weight excluding hydrogens is 219 g/mol. The fourth-order valence-corrected chi connectivity index (χ4v) is 1.50. The molecule has 1 aromatic carbocycles. The SMILES string of the molecule is CC(Nc1nccc(N)n1)c1cccc(F)c1. The minimum absolute atomic E-state index is 0.0903. The molecule has 1 atom stereocenters. The zero-order valence-electron chi connectivity index (χ0n) is 9.39. The zero-order chi connectivity index (χ0) is 12.3. The normalized spacial score (nSPS) is 12.1. The molecule has 0 fully saturated rings. The summed E-state index contributed by atoms with van der Waals surface area (Å²) in [6, 6.07) is 7.92. The largest absolute Gasteiger partial charge is 0.384 e. The van der Waals surface area contributed by atoms with Crippen LogP contribution in [0, 0.1) is 5.82 Å². The van der Waals surface area contributed by atoms with Gasteiger partial charge in [-0.3, -0.25) is 0 Å². The minimum atomic E-state index is -0.260. The van der Waals surface area contributed by atoms with E-state index in [9.17, 15) is 4.39 Å². The van der Waals surface area contributed by atoms with E-state index in [4.69, 9.17) is 5.73 Å². The number of nitrogen functional groups attached to an aromatic ring is 1. The molecule has 0 saturated heterocycles. The van der Waals surface area contributed by atoms with E-state index in [-0.39, 0.29) is 11.9 Å². The molecule has 4 nitrogen and oxygen atoms in total. The van der Waals surface area contributed by atoms with Gasteiger partial charge in [-0.15, -0.1) is 0 Å². The van der Waals surface area contributed by atoms with Crippen LogP contribution in [0.4, 0.5) is 16.2 Å². The number of anilines is 2. The van der Waals surface area contributed by atoms with Crippen LogP contribution in [-0.2, 0) is 0 Å². The third kappa shape index (κ3) is 2.90. The molecule has 1 aromatic heterocycles. The number of hydrogen-bond acceptors (Lipinski definition) is 4. The number of aromatic nitrogens is 2. The third-order valence-corrected chi connectivity index (χ3v) is 2.37. The van der Waals surface area contributed by atoms with Gasteiger partial charge in [0.15, 0.2) is 0 Å². The fraction of sp³-hybridized carbons (Fsp3) is 0.167. The van der Waals surface area contributed by atoms with Crippen LogP contribution < -0.4 is 11.1 Å². The molecule has 0 radical (unpaired) electrons. The van der Waals surface area contributed by atoms with Gasteiger partial charge in [0.1, 0.15) is 11.6 Å². The summed E-state index contributed by atoms with van der Waals surface area (Å²) >= 11 is 0. The Bertz CT molecular complexity index is 515. The maximum absolute atomic E-state index is 13.1. The summed E-state index contributed by atoms with van der Waals surface area (Å²) in [5.74, 6) is 0.570. The summed E-state index contributed by atoms with van der Waals surface area (Å²) in [7, 11) is 0. The van der Waals surface area contributed by atoms with Crippen molar-refractivity contribution in [2.24, 2.45) is 0 Å². The molecule has 0 aliphatic heterocycles. The monoisotopic (exact) mass is 232 g/mol. The van der Waals surface area contributed by atoms with E-state index in [0.717, 1.165) is 5.56 Å². The molecule has 0 aliphatic carbocycles. The highest BCUT2D eigenvalue weighted by molar-refractivity contribution is 5.37. The van der Waals surface area contributed by atoms with Gasteiger partial charge in [-0.1, -0.05) is 12.1 Å². The zero-order valence-corrected chi connectivity index (χ0v) is 9.39. The second-order valence-electron chi connectivity index (χ2n) is 3.73. The van der Waals surface area contributed by atoms with E-state index < -0.39 is 0 Å². The topological polar surface area (TPSA) is 63.8 Å². The number of nitrogens with one attached hydrogen (secondary N) is 1. The molecule has 17 heavy (non-hydrogen) atoms. The van der Waals surface area contributed by atoms with Gasteiger partial charge in [-0.25, -0.2) is 9.37 Å². The van der Waals surface area contributed by atoms with Crippen molar-refractivity contribution in [3.05, 3.63) is 47.9 Å². The Hall–Kier alpha value is -2.17. The quantitative estimate of drug-likeness (QED) is 0.852. The molecule has 2 rings (SSSR count). The Balaban J connectivity index is 2.14. The maximum atomic E-state index is 13.1. The van der Waals surface area contributed by atoms with Gasteiger partial charge < -0.3 is 11.1 Å². The highest BCUT2D eigenvalue weighted by Gasteiger charge is 2.07. The first-order valence-corrected chi connectivity index (χ1v) is 5.25. The van der Waals surface area contributed by atoms with Crippen LogP contribution in [0.3, 0.4) is 0 Å². The highest BCUT2D eigenvalue weighted by Crippen LogP contribution is 2.17. The Kier molecular flexibility index (Phi) is 3.18. The average Bonchev–Trinajstić information content (AvgIpc) is 2.29. The lowest BCUT2D eigenvalue weighted by Crippen LogP contribution is -2.10. The van der Waals surface area contributed by atoms with Crippen molar-refractivity contribution in [2.75, 3.05) is 11.1 Å². The molecule has 1 unspecified atom stereocenters. The van der Waals surface area contributed by atoms with Gasteiger partial charge >= 0.3 is 0 Å². The van der Waals surface area contributed by atoms with E-state index in [1.165, 1.54) is 12.1 Å². The molecule has 0 amide bonds. The summed E-state index contributed by atoms with van der Waals surface area (Å²) < 4.78 is 13.1. The summed E-state index contributed by atoms with van der Waals surface area (Å²) in [6.07, 6.45) is 1.57. The van der Waals surface area contributed by atoms with Crippen LogP contribution in [0.15, 0.2) is 36.5 Å². The lowest BCUT2D eigenvalue weighted by Gasteiger charge is -2.14. The van der Waals surface area contributed by atoms with Crippen molar-refractivity contribution in [3.8, 4) is 0 Å². The summed E-state index contributed by atoms with van der Waals surface area (Å²) in [4.78, 5) is 8.05. The van der Waals surface area contributed by atoms with Crippen LogP contribution >= 0.6 is 0 Å². The van der Waals surface area contributed by atoms with E-state index in [2.05, 4.69) is 15.3 Å². The lowest BCUT2D eigenvalue weighted by molar-refractivity contribution is 0.623. The van der Waals surface area contributed by atoms with E-state index in [1.807, 2.05) is 13.0 Å². The number of nitrogens with two attached hydrogens (primary N) is 1. The van der Waals surface area contributed by atoms with Crippen LogP contribution in [0.5, 0.6) is 0 Å². The average molecular weight is 232 g/mol. The fourth-order valence-electron chi connectivity index (χ4n) is 1.50. The molecule has 2 aromatic rings. The lowest BCUT2D eigenvalue weighted by atomic mass is 10.1. The van der Waals surface area contributed by atoms with Gasteiger partial charge in [0.25, 0.3) is 0 Å². The Morgan fingerprint density at radius 2 is 2.18 bits per heavy atom. The van der Waals surface area contributed by atoms with Crippen LogP contribution in [0.25, 0.3) is 0 Å². The third-order valence-electron chi connectivity index (χ3n) is 2.37. The van der Waals surface area contributed by atoms with Crippen LogP contribution in [-0.4, -0.2) is 9.97 Å². The second kappa shape index (κ2) is 4.78. The molecule has 88 valence electrons. The first-order chi connectivity index (χ1) is 8.15. The Morgan fingerprint density at radius 3 is 2.88 bits per heavy atom. The number of benzene rings is 1. The van der Waals surface area contributed by atoms with Gasteiger partial charge in [-0.2, -0.15) is 4.98 Å². The first kappa shape index (κ1) is 11.3. The van der Waals surface area contributed by atoms with Crippen molar-refractivity contribution in [1.29, 1.82) is 0 Å². The number of nitrogens with zero attached hydrogens (tertiary/aromatic N) is 2. The van der Waals surface area contributed by atoms with Crippen LogP contribution in [0.2, 0.25) is 0 Å². The van der Waals surface area contributed by atoms with E-state index in [0.29, 0.717) is 11.8 Å². The summed E-state index contributed by atoms with van der Waals surface area (Å²) in [5.41, 5.74) is 6.38. The van der Waals surface area contributed by atoms with Crippen LogP contribution in [0.1, 0.15) is 18.5 Å². The van der Waals surface area contributed by atoms with Crippen molar-refractivity contribution >= 4 is 11.8 Å². The summed E-state index contributed by atoms with van der Waals surface area (Å²) in [5, 5.41) is 3.06. The highest BCUT2D eigenvalue weighted by atomic mass is 19.1. The molecule has 0 bridgehead atoms. The van der Waals surface area contributed by atoms with Crippen molar-refractivity contribution in [3.63, 3.8) is 0 Å². The smallest absolute Gasteiger partial charge is 0.225 e. The minimum Gasteiger partial charge on any atom is -0.384 e. The Morgan fingerprint density at radius 1 is 1.35 bits per heavy atom. The van der Waals surface area contributed by atoms with Gasteiger partial charge in [0.2, 0.25) is 5.95 Å². The van der Waals surface area contributed by atoms with Crippen molar-refractivity contribution in [2.45, 2.75) is 13.0 Å². The summed E-state index contributed by atoms with van der Waals surface area (Å²) in [6.45, 7) is 1.90. The maximum Gasteiger partial charge on any atom is 0.225 e. The molecule has 3 N–H and O–H groups in total. The predicted molar refractivity (Wildman–Crippen MR) is 64.9 cm³/mol. The van der Waals surface area contributed by atoms with Crippen molar-refractivity contribution in [1.82, 2.24) is 9.97 Å². The number of hydrogen-bond donors (Lipinski definition) is 2. The Labute approximate surface area is 98.7 Å². The molecule has 1 heterocycles. The molecule has 0 spiro atoms. The second-order valence-corrected chi connectivity index (χ2v) is 3.73. The van der Waals surface area contributed by atoms with E-state index >= 15 is 0 Å². The molecule has 5 heteroatoms. The molecule has 0 saturated carbocycles. The molecular formula is C12H13FN4. The standard InChI is InChI=1S/C12H13FN4/c1-8(9-3-2-4-10(13)7-9)16-12-15-6-5-11(14)17-12/h2-8H,1H3,(H3,14,15,16,17). The number of rotatable bonds is 3.